The Morgan fingerprint density at radius 1 is 0.878 bits per heavy atom. The quantitative estimate of drug-likeness (QED) is 0.346. The van der Waals surface area contributed by atoms with E-state index < -0.39 is 28.5 Å². The number of nitrogens with one attached hydrogen (secondary N) is 1. The summed E-state index contributed by atoms with van der Waals surface area (Å²) in [4.78, 5) is 29.7. The van der Waals surface area contributed by atoms with Gasteiger partial charge in [-0.15, -0.1) is 0 Å². The Hall–Kier alpha value is -3.65. The Kier molecular flexibility index (Phi) is 9.86. The molecule has 0 unspecified atom stereocenters. The molecule has 1 N–H and O–H groups in total. The number of aryl methyl sites for hydroxylation is 3. The summed E-state index contributed by atoms with van der Waals surface area (Å²) >= 11 is 0. The summed E-state index contributed by atoms with van der Waals surface area (Å²) in [6.45, 7) is 5.54. The first-order chi connectivity index (χ1) is 19.5. The molecule has 0 aliphatic heterocycles. The lowest BCUT2D eigenvalue weighted by Crippen LogP contribution is -2.54. The van der Waals surface area contributed by atoms with Crippen LogP contribution in [0.15, 0.2) is 72.8 Å². The van der Waals surface area contributed by atoms with Gasteiger partial charge in [0.1, 0.15) is 12.6 Å². The highest BCUT2D eigenvalue weighted by Gasteiger charge is 2.34. The van der Waals surface area contributed by atoms with E-state index in [9.17, 15) is 18.0 Å². The molecule has 218 valence electrons. The SMILES string of the molecule is Cc1ccc(CN(C(=O)CN(c2ccc(C)cc2C)S(C)(=O)=O)[C@@H](Cc2ccccc2)C(=O)NC2CCCC2)cc1. The van der Waals surface area contributed by atoms with Crippen molar-refractivity contribution < 1.29 is 18.0 Å². The van der Waals surface area contributed by atoms with Gasteiger partial charge in [0.15, 0.2) is 0 Å². The molecule has 0 radical (unpaired) electrons. The van der Waals surface area contributed by atoms with E-state index in [0.29, 0.717) is 12.1 Å². The van der Waals surface area contributed by atoms with Crippen molar-refractivity contribution >= 4 is 27.5 Å². The molecular formula is C33H41N3O4S. The summed E-state index contributed by atoms with van der Waals surface area (Å²) in [7, 11) is -3.80. The van der Waals surface area contributed by atoms with Crippen molar-refractivity contribution in [2.75, 3.05) is 17.1 Å². The molecule has 41 heavy (non-hydrogen) atoms. The Morgan fingerprint density at radius 2 is 1.51 bits per heavy atom. The van der Waals surface area contributed by atoms with E-state index in [1.54, 1.807) is 11.0 Å². The van der Waals surface area contributed by atoms with Gasteiger partial charge in [0.25, 0.3) is 0 Å². The van der Waals surface area contributed by atoms with E-state index >= 15 is 0 Å². The van der Waals surface area contributed by atoms with E-state index in [2.05, 4.69) is 5.32 Å². The second kappa shape index (κ2) is 13.3. The standard InChI is InChI=1S/C33H41N3O4S/c1-24-14-17-28(18-15-24)22-35(32(37)23-36(41(4,39)40)30-19-16-25(2)20-26(30)3)31(21-27-10-6-5-7-11-27)33(38)34-29-12-8-9-13-29/h5-7,10-11,14-20,29,31H,8-9,12-13,21-23H2,1-4H3,(H,34,38)/t31-/m0/s1. The Balaban J connectivity index is 1.73. The van der Waals surface area contributed by atoms with Crippen molar-refractivity contribution in [3.05, 3.63) is 101 Å². The zero-order valence-electron chi connectivity index (χ0n) is 24.5. The van der Waals surface area contributed by atoms with Crippen LogP contribution in [0.5, 0.6) is 0 Å². The van der Waals surface area contributed by atoms with Crippen LogP contribution in [0.25, 0.3) is 0 Å². The number of hydrogen-bond donors (Lipinski definition) is 1. The second-order valence-electron chi connectivity index (χ2n) is 11.3. The van der Waals surface area contributed by atoms with Gasteiger partial charge in [0, 0.05) is 19.0 Å². The van der Waals surface area contributed by atoms with Crippen molar-refractivity contribution in [2.45, 2.75) is 71.5 Å². The predicted octanol–water partition coefficient (Wildman–Crippen LogP) is 5.08. The maximum absolute atomic E-state index is 14.2. The lowest BCUT2D eigenvalue weighted by Gasteiger charge is -2.34. The molecule has 1 aliphatic carbocycles. The van der Waals surface area contributed by atoms with Crippen molar-refractivity contribution in [2.24, 2.45) is 0 Å². The van der Waals surface area contributed by atoms with E-state index in [-0.39, 0.29) is 18.5 Å². The minimum atomic E-state index is -3.80. The Labute approximate surface area is 244 Å². The molecule has 0 heterocycles. The van der Waals surface area contributed by atoms with Crippen molar-refractivity contribution in [3.8, 4) is 0 Å². The van der Waals surface area contributed by atoms with Crippen LogP contribution in [-0.4, -0.2) is 50.0 Å². The molecule has 1 aliphatic rings. The van der Waals surface area contributed by atoms with Crippen LogP contribution < -0.4 is 9.62 Å². The number of carbonyl (C=O) groups is 2. The highest BCUT2D eigenvalue weighted by molar-refractivity contribution is 7.92. The van der Waals surface area contributed by atoms with Gasteiger partial charge in [-0.05, 0) is 56.4 Å². The van der Waals surface area contributed by atoms with Crippen LogP contribution in [0.4, 0.5) is 5.69 Å². The number of carbonyl (C=O) groups excluding carboxylic acids is 2. The number of nitrogens with zero attached hydrogens (tertiary/aromatic N) is 2. The fraction of sp³-hybridized carbons (Fsp3) is 0.394. The van der Waals surface area contributed by atoms with Gasteiger partial charge >= 0.3 is 0 Å². The molecule has 0 spiro atoms. The summed E-state index contributed by atoms with van der Waals surface area (Å²) < 4.78 is 27.2. The molecule has 3 aromatic rings. The lowest BCUT2D eigenvalue weighted by atomic mass is 10.0. The molecule has 7 nitrogen and oxygen atoms in total. The first-order valence-electron chi connectivity index (χ1n) is 14.3. The summed E-state index contributed by atoms with van der Waals surface area (Å²) in [5, 5.41) is 3.20. The summed E-state index contributed by atoms with van der Waals surface area (Å²) in [5.41, 5.74) is 5.09. The van der Waals surface area contributed by atoms with Crippen molar-refractivity contribution in [3.63, 3.8) is 0 Å². The average molecular weight is 576 g/mol. The second-order valence-corrected chi connectivity index (χ2v) is 13.2. The lowest BCUT2D eigenvalue weighted by molar-refractivity contribution is -0.140. The molecule has 0 aromatic heterocycles. The van der Waals surface area contributed by atoms with E-state index in [0.717, 1.165) is 64.1 Å². The van der Waals surface area contributed by atoms with E-state index in [1.165, 1.54) is 0 Å². The minimum absolute atomic E-state index is 0.0832. The van der Waals surface area contributed by atoms with Crippen LogP contribution in [0.2, 0.25) is 0 Å². The molecule has 8 heteroatoms. The highest BCUT2D eigenvalue weighted by atomic mass is 32.2. The first-order valence-corrected chi connectivity index (χ1v) is 16.1. The zero-order valence-corrected chi connectivity index (χ0v) is 25.3. The molecule has 2 amide bonds. The van der Waals surface area contributed by atoms with Gasteiger partial charge in [-0.2, -0.15) is 0 Å². The van der Waals surface area contributed by atoms with Crippen LogP contribution in [0.1, 0.15) is 53.5 Å². The summed E-state index contributed by atoms with van der Waals surface area (Å²) in [5.74, 6) is -0.642. The van der Waals surface area contributed by atoms with Crippen LogP contribution in [-0.2, 0) is 32.6 Å². The Bertz CT molecular complexity index is 1450. The minimum Gasteiger partial charge on any atom is -0.352 e. The molecule has 1 fully saturated rings. The molecule has 4 rings (SSSR count). The van der Waals surface area contributed by atoms with Gasteiger partial charge in [0.05, 0.1) is 11.9 Å². The van der Waals surface area contributed by atoms with Gasteiger partial charge in [-0.3, -0.25) is 13.9 Å². The molecule has 0 bridgehead atoms. The fourth-order valence-corrected chi connectivity index (χ4v) is 6.40. The molecule has 3 aromatic carbocycles. The number of hydrogen-bond acceptors (Lipinski definition) is 4. The first kappa shape index (κ1) is 30.3. The largest absolute Gasteiger partial charge is 0.352 e. The number of amides is 2. The number of anilines is 1. The van der Waals surface area contributed by atoms with Crippen LogP contribution in [0, 0.1) is 20.8 Å². The van der Waals surface area contributed by atoms with Gasteiger partial charge in [-0.25, -0.2) is 8.42 Å². The normalized spacial score (nSPS) is 14.4. The van der Waals surface area contributed by atoms with Crippen molar-refractivity contribution in [1.29, 1.82) is 0 Å². The third-order valence-corrected chi connectivity index (χ3v) is 8.87. The van der Waals surface area contributed by atoms with Gasteiger partial charge < -0.3 is 10.2 Å². The molecular weight excluding hydrogens is 534 g/mol. The predicted molar refractivity (Wildman–Crippen MR) is 164 cm³/mol. The zero-order chi connectivity index (χ0) is 29.6. The Morgan fingerprint density at radius 3 is 2.12 bits per heavy atom. The summed E-state index contributed by atoms with van der Waals surface area (Å²) in [6.07, 6.45) is 5.41. The smallest absolute Gasteiger partial charge is 0.244 e. The third-order valence-electron chi connectivity index (χ3n) is 7.75. The molecule has 0 saturated heterocycles. The number of benzene rings is 3. The van der Waals surface area contributed by atoms with Crippen LogP contribution in [0.3, 0.4) is 0 Å². The average Bonchev–Trinajstić information content (AvgIpc) is 3.43. The van der Waals surface area contributed by atoms with E-state index in [1.807, 2.05) is 87.5 Å². The molecule has 1 atom stereocenters. The topological polar surface area (TPSA) is 86.8 Å². The maximum atomic E-state index is 14.2. The van der Waals surface area contributed by atoms with Crippen LogP contribution >= 0.6 is 0 Å². The monoisotopic (exact) mass is 575 g/mol. The van der Waals surface area contributed by atoms with Gasteiger partial charge in [0.2, 0.25) is 21.8 Å². The number of rotatable bonds is 11. The fourth-order valence-electron chi connectivity index (χ4n) is 5.49. The third kappa shape index (κ3) is 8.19. The molecule has 1 saturated carbocycles. The summed E-state index contributed by atoms with van der Waals surface area (Å²) in [6, 6.07) is 22.2. The van der Waals surface area contributed by atoms with Gasteiger partial charge in [-0.1, -0.05) is 90.7 Å². The maximum Gasteiger partial charge on any atom is 0.244 e. The highest BCUT2D eigenvalue weighted by Crippen LogP contribution is 2.25. The van der Waals surface area contributed by atoms with E-state index in [4.69, 9.17) is 0 Å². The number of sulfonamides is 1. The van der Waals surface area contributed by atoms with Crippen molar-refractivity contribution in [1.82, 2.24) is 10.2 Å².